The highest BCUT2D eigenvalue weighted by atomic mass is 32.2. The molecule has 7 nitrogen and oxygen atoms in total. The lowest BCUT2D eigenvalue weighted by Crippen LogP contribution is -2.34. The number of nitrogens with one attached hydrogen (secondary N) is 2. The maximum atomic E-state index is 12.8. The number of benzene rings is 1. The summed E-state index contributed by atoms with van der Waals surface area (Å²) >= 11 is 0. The second-order valence-electron chi connectivity index (χ2n) is 6.69. The third-order valence-corrected chi connectivity index (χ3v) is 6.62. The van der Waals surface area contributed by atoms with E-state index in [1.807, 2.05) is 30.3 Å². The van der Waals surface area contributed by atoms with Crippen molar-refractivity contribution < 1.29 is 18.0 Å². The minimum absolute atomic E-state index is 0.0177. The van der Waals surface area contributed by atoms with Gasteiger partial charge in [-0.1, -0.05) is 36.4 Å². The summed E-state index contributed by atoms with van der Waals surface area (Å²) in [5.41, 5.74) is 1.42. The molecule has 2 amide bonds. The molecule has 144 valence electrons. The van der Waals surface area contributed by atoms with Crippen molar-refractivity contribution >= 4 is 21.8 Å². The molecule has 28 heavy (non-hydrogen) atoms. The number of hydrogen-bond acceptors (Lipinski definition) is 4. The number of aromatic nitrogens is 1. The van der Waals surface area contributed by atoms with Gasteiger partial charge in [0, 0.05) is 24.9 Å². The number of rotatable bonds is 4. The first-order valence-electron chi connectivity index (χ1n) is 8.94. The monoisotopic (exact) mass is 397 g/mol. The molecular weight excluding hydrogens is 378 g/mol. The van der Waals surface area contributed by atoms with Crippen molar-refractivity contribution in [3.05, 3.63) is 82.7 Å². The van der Waals surface area contributed by atoms with Gasteiger partial charge in [0.05, 0.1) is 5.92 Å². The Labute approximate surface area is 162 Å². The first kappa shape index (κ1) is 18.2. The molecule has 2 aromatic rings. The Bertz CT molecular complexity index is 1100. The third-order valence-electron chi connectivity index (χ3n) is 4.84. The Kier molecular flexibility index (Phi) is 4.64. The molecule has 0 saturated heterocycles. The first-order chi connectivity index (χ1) is 13.5. The smallest absolute Gasteiger partial charge is 0.273 e. The normalized spacial score (nSPS) is 20.0. The number of hydrogen-bond donors (Lipinski definition) is 2. The highest BCUT2D eigenvalue weighted by Crippen LogP contribution is 2.30. The van der Waals surface area contributed by atoms with Crippen LogP contribution in [0, 0.1) is 5.92 Å². The minimum atomic E-state index is -3.88. The molecule has 8 heteroatoms. The molecule has 2 heterocycles. The van der Waals surface area contributed by atoms with E-state index in [2.05, 4.69) is 10.6 Å². The van der Waals surface area contributed by atoms with Crippen LogP contribution in [0.1, 0.15) is 22.5 Å². The molecule has 0 bridgehead atoms. The van der Waals surface area contributed by atoms with Crippen molar-refractivity contribution in [1.82, 2.24) is 14.6 Å². The molecule has 0 radical (unpaired) electrons. The summed E-state index contributed by atoms with van der Waals surface area (Å²) in [6.07, 6.45) is 5.16. The van der Waals surface area contributed by atoms with Crippen LogP contribution in [0.5, 0.6) is 0 Å². The number of nitrogens with zero attached hydrogens (tertiary/aromatic N) is 1. The number of carbonyl (C=O) groups is 2. The van der Waals surface area contributed by atoms with Gasteiger partial charge < -0.3 is 10.6 Å². The van der Waals surface area contributed by atoms with Gasteiger partial charge in [0.15, 0.2) is 0 Å². The molecule has 0 saturated carbocycles. The predicted molar refractivity (Wildman–Crippen MR) is 104 cm³/mol. The molecular formula is C20H19N3O4S. The molecule has 0 spiro atoms. The zero-order valence-corrected chi connectivity index (χ0v) is 15.8. The summed E-state index contributed by atoms with van der Waals surface area (Å²) < 4.78 is 26.6. The highest BCUT2D eigenvalue weighted by Gasteiger charge is 2.34. The molecule has 1 aliphatic heterocycles. The van der Waals surface area contributed by atoms with E-state index in [0.717, 1.165) is 9.54 Å². The fourth-order valence-electron chi connectivity index (χ4n) is 3.39. The van der Waals surface area contributed by atoms with E-state index in [1.165, 1.54) is 24.4 Å². The summed E-state index contributed by atoms with van der Waals surface area (Å²) in [5.74, 6) is -1.24. The van der Waals surface area contributed by atoms with E-state index < -0.39 is 21.8 Å². The Hall–Kier alpha value is -3.13. The van der Waals surface area contributed by atoms with Gasteiger partial charge in [0.2, 0.25) is 5.91 Å². The maximum absolute atomic E-state index is 12.8. The van der Waals surface area contributed by atoms with Gasteiger partial charge >= 0.3 is 0 Å². The fourth-order valence-corrected chi connectivity index (χ4v) is 4.93. The van der Waals surface area contributed by atoms with Crippen LogP contribution in [-0.2, 0) is 21.2 Å². The molecule has 4 rings (SSSR count). The van der Waals surface area contributed by atoms with Crippen LogP contribution in [-0.4, -0.2) is 30.7 Å². The zero-order chi connectivity index (χ0) is 19.7. The maximum Gasteiger partial charge on any atom is 0.273 e. The number of carbonyl (C=O) groups excluding carboxylic acids is 2. The minimum Gasteiger partial charge on any atom is -0.355 e. The van der Waals surface area contributed by atoms with Crippen LogP contribution in [0.4, 0.5) is 0 Å². The number of amides is 2. The molecule has 1 aromatic carbocycles. The van der Waals surface area contributed by atoms with E-state index in [4.69, 9.17) is 0 Å². The molecule has 1 unspecified atom stereocenters. The average molecular weight is 397 g/mol. The fraction of sp³-hybridized carbons (Fsp3) is 0.200. The SMILES string of the molecule is O=C1NC2=C(C=CC(C(=O)NCCc3ccccc3)C2)S(=O)(=O)n2cccc21. The molecule has 2 aliphatic rings. The summed E-state index contributed by atoms with van der Waals surface area (Å²) in [5, 5.41) is 5.53. The van der Waals surface area contributed by atoms with Crippen LogP contribution in [0.2, 0.25) is 0 Å². The van der Waals surface area contributed by atoms with Crippen LogP contribution in [0.25, 0.3) is 0 Å². The van der Waals surface area contributed by atoms with Crippen molar-refractivity contribution in [3.8, 4) is 0 Å². The van der Waals surface area contributed by atoms with Gasteiger partial charge in [0.1, 0.15) is 10.6 Å². The summed E-state index contributed by atoms with van der Waals surface area (Å²) in [4.78, 5) is 24.9. The lowest BCUT2D eigenvalue weighted by atomic mass is 9.97. The third kappa shape index (κ3) is 3.27. The number of fused-ring (bicyclic) bond motifs is 1. The van der Waals surface area contributed by atoms with E-state index in [1.54, 1.807) is 6.08 Å². The molecule has 1 aliphatic carbocycles. The number of allylic oxidation sites excluding steroid dienone is 2. The zero-order valence-electron chi connectivity index (χ0n) is 15.0. The lowest BCUT2D eigenvalue weighted by molar-refractivity contribution is -0.123. The van der Waals surface area contributed by atoms with Gasteiger partial charge in [-0.3, -0.25) is 9.59 Å². The van der Waals surface area contributed by atoms with Gasteiger partial charge in [-0.15, -0.1) is 0 Å². The lowest BCUT2D eigenvalue weighted by Gasteiger charge is -2.20. The van der Waals surface area contributed by atoms with Crippen LogP contribution in [0.3, 0.4) is 0 Å². The largest absolute Gasteiger partial charge is 0.355 e. The molecule has 2 N–H and O–H groups in total. The Balaban J connectivity index is 1.47. The van der Waals surface area contributed by atoms with Gasteiger partial charge in [0.25, 0.3) is 15.9 Å². The van der Waals surface area contributed by atoms with Crippen molar-refractivity contribution in [3.63, 3.8) is 0 Å². The van der Waals surface area contributed by atoms with Crippen molar-refractivity contribution in [2.45, 2.75) is 12.8 Å². The first-order valence-corrected chi connectivity index (χ1v) is 10.4. The van der Waals surface area contributed by atoms with Crippen LogP contribution < -0.4 is 10.6 Å². The predicted octanol–water partition coefficient (Wildman–Crippen LogP) is 1.56. The average Bonchev–Trinajstić information content (AvgIpc) is 3.17. The summed E-state index contributed by atoms with van der Waals surface area (Å²) in [7, 11) is -3.88. The Morgan fingerprint density at radius 3 is 2.75 bits per heavy atom. The van der Waals surface area contributed by atoms with E-state index >= 15 is 0 Å². The van der Waals surface area contributed by atoms with E-state index in [-0.39, 0.29) is 28.6 Å². The highest BCUT2D eigenvalue weighted by molar-refractivity contribution is 7.94. The molecule has 0 fully saturated rings. The van der Waals surface area contributed by atoms with Gasteiger partial charge in [-0.25, -0.2) is 12.4 Å². The second kappa shape index (κ2) is 7.12. The van der Waals surface area contributed by atoms with Crippen molar-refractivity contribution in [2.75, 3.05) is 6.54 Å². The van der Waals surface area contributed by atoms with Crippen LogP contribution in [0.15, 0.2) is 71.4 Å². The van der Waals surface area contributed by atoms with Gasteiger partial charge in [-0.05, 0) is 30.2 Å². The molecule has 1 aromatic heterocycles. The van der Waals surface area contributed by atoms with Crippen LogP contribution >= 0.6 is 0 Å². The van der Waals surface area contributed by atoms with Gasteiger partial charge in [-0.2, -0.15) is 0 Å². The van der Waals surface area contributed by atoms with Crippen molar-refractivity contribution in [2.24, 2.45) is 5.92 Å². The standard InChI is InChI=1S/C20H19N3O4S/c24-19(21-11-10-14-5-2-1-3-6-14)15-8-9-18-16(13-15)22-20(25)17-7-4-12-23(17)28(18,26)27/h1-9,12,15H,10-11,13H2,(H,21,24)(H,22,25). The molecule has 1 atom stereocenters. The Morgan fingerprint density at radius 1 is 1.18 bits per heavy atom. The summed E-state index contributed by atoms with van der Waals surface area (Å²) in [6.45, 7) is 0.481. The van der Waals surface area contributed by atoms with E-state index in [9.17, 15) is 18.0 Å². The summed E-state index contributed by atoms with van der Waals surface area (Å²) in [6, 6.07) is 12.8. The van der Waals surface area contributed by atoms with Crippen molar-refractivity contribution in [1.29, 1.82) is 0 Å². The second-order valence-corrected chi connectivity index (χ2v) is 8.47. The quantitative estimate of drug-likeness (QED) is 0.818. The topological polar surface area (TPSA) is 97.3 Å². The van der Waals surface area contributed by atoms with E-state index in [0.29, 0.717) is 13.0 Å². The Morgan fingerprint density at radius 2 is 1.96 bits per heavy atom.